The first-order valence-corrected chi connectivity index (χ1v) is 8.90. The van der Waals surface area contributed by atoms with Gasteiger partial charge in [0.15, 0.2) is 0 Å². The second-order valence-corrected chi connectivity index (χ2v) is 6.75. The van der Waals surface area contributed by atoms with Crippen LogP contribution in [0.25, 0.3) is 16.9 Å². The second-order valence-electron chi connectivity index (χ2n) is 5.88. The number of benzene rings is 2. The number of ether oxygens (including phenoxy) is 1. The number of imidazole rings is 1. The molecule has 1 saturated heterocycles. The summed E-state index contributed by atoms with van der Waals surface area (Å²) in [6.45, 7) is 3.07. The van der Waals surface area contributed by atoms with Gasteiger partial charge in [-0.05, 0) is 36.4 Å². The number of rotatable bonds is 3. The number of hydrogen-bond donors (Lipinski definition) is 0. The number of morpholine rings is 1. The number of nitrogens with zero attached hydrogens (tertiary/aromatic N) is 3. The lowest BCUT2D eigenvalue weighted by molar-refractivity contribution is 0.122. The molecule has 0 radical (unpaired) electrons. The SMILES string of the molecule is Clc1ccc(-c2cn(-c3ccc(Cl)cc3)c(N3CCOCC3)n2)cc1. The first-order chi connectivity index (χ1) is 12.2. The maximum absolute atomic E-state index is 6.04. The van der Waals surface area contributed by atoms with Gasteiger partial charge in [0.05, 0.1) is 18.9 Å². The summed E-state index contributed by atoms with van der Waals surface area (Å²) in [6, 6.07) is 15.5. The van der Waals surface area contributed by atoms with Crippen molar-refractivity contribution in [3.8, 4) is 16.9 Å². The molecule has 0 spiro atoms. The number of anilines is 1. The summed E-state index contributed by atoms with van der Waals surface area (Å²) in [5.41, 5.74) is 2.97. The monoisotopic (exact) mass is 373 g/mol. The van der Waals surface area contributed by atoms with Crippen molar-refractivity contribution in [2.75, 3.05) is 31.2 Å². The molecular formula is C19H17Cl2N3O. The minimum atomic E-state index is 0.712. The molecule has 1 fully saturated rings. The molecule has 1 aromatic heterocycles. The summed E-state index contributed by atoms with van der Waals surface area (Å²) in [4.78, 5) is 7.14. The van der Waals surface area contributed by atoms with E-state index < -0.39 is 0 Å². The van der Waals surface area contributed by atoms with Crippen LogP contribution in [-0.4, -0.2) is 35.9 Å². The molecule has 0 aliphatic carbocycles. The molecule has 1 aliphatic heterocycles. The van der Waals surface area contributed by atoms with E-state index in [1.54, 1.807) is 0 Å². The van der Waals surface area contributed by atoms with Crippen LogP contribution in [0.4, 0.5) is 5.95 Å². The molecule has 2 aromatic carbocycles. The predicted octanol–water partition coefficient (Wildman–Crippen LogP) is 4.68. The lowest BCUT2D eigenvalue weighted by Gasteiger charge is -2.28. The Labute approximate surface area is 156 Å². The number of hydrogen-bond acceptors (Lipinski definition) is 3. The third kappa shape index (κ3) is 3.52. The molecule has 4 rings (SSSR count). The highest BCUT2D eigenvalue weighted by molar-refractivity contribution is 6.30. The van der Waals surface area contributed by atoms with Crippen molar-refractivity contribution in [3.05, 3.63) is 64.8 Å². The molecule has 0 saturated carbocycles. The molecule has 0 N–H and O–H groups in total. The number of aromatic nitrogens is 2. The van der Waals surface area contributed by atoms with E-state index >= 15 is 0 Å². The lowest BCUT2D eigenvalue weighted by atomic mass is 10.2. The lowest BCUT2D eigenvalue weighted by Crippen LogP contribution is -2.37. The summed E-state index contributed by atoms with van der Waals surface area (Å²) in [7, 11) is 0. The maximum Gasteiger partial charge on any atom is 0.210 e. The normalized spacial score (nSPS) is 14.7. The minimum absolute atomic E-state index is 0.712. The van der Waals surface area contributed by atoms with E-state index in [2.05, 4.69) is 15.7 Å². The van der Waals surface area contributed by atoms with E-state index in [-0.39, 0.29) is 0 Å². The molecule has 4 nitrogen and oxygen atoms in total. The van der Waals surface area contributed by atoms with Crippen molar-refractivity contribution < 1.29 is 4.74 Å². The first-order valence-electron chi connectivity index (χ1n) is 8.15. The van der Waals surface area contributed by atoms with Gasteiger partial charge in [-0.1, -0.05) is 35.3 Å². The fourth-order valence-corrected chi connectivity index (χ4v) is 3.16. The van der Waals surface area contributed by atoms with E-state index in [9.17, 15) is 0 Å². The average Bonchev–Trinajstić information content (AvgIpc) is 3.09. The highest BCUT2D eigenvalue weighted by Gasteiger charge is 2.19. The molecule has 128 valence electrons. The van der Waals surface area contributed by atoms with Crippen molar-refractivity contribution in [2.24, 2.45) is 0 Å². The van der Waals surface area contributed by atoms with Gasteiger partial charge in [-0.2, -0.15) is 0 Å². The molecule has 3 aromatic rings. The summed E-state index contributed by atoms with van der Waals surface area (Å²) in [5, 5.41) is 1.43. The molecule has 25 heavy (non-hydrogen) atoms. The standard InChI is InChI=1S/C19H17Cl2N3O/c20-15-3-1-14(2-4-15)18-13-24(17-7-5-16(21)6-8-17)19(22-18)23-9-11-25-12-10-23/h1-8,13H,9-12H2. The largest absolute Gasteiger partial charge is 0.378 e. The van der Waals surface area contributed by atoms with Crippen LogP contribution in [0.3, 0.4) is 0 Å². The maximum atomic E-state index is 6.04. The van der Waals surface area contributed by atoms with Crippen molar-refractivity contribution in [2.45, 2.75) is 0 Å². The fraction of sp³-hybridized carbons (Fsp3) is 0.211. The summed E-state index contributed by atoms with van der Waals surface area (Å²) in [6.07, 6.45) is 2.05. The van der Waals surface area contributed by atoms with Gasteiger partial charge < -0.3 is 9.64 Å². The van der Waals surface area contributed by atoms with Gasteiger partial charge in [0.1, 0.15) is 0 Å². The third-order valence-corrected chi connectivity index (χ3v) is 4.73. The zero-order valence-electron chi connectivity index (χ0n) is 13.5. The van der Waals surface area contributed by atoms with Crippen LogP contribution >= 0.6 is 23.2 Å². The van der Waals surface area contributed by atoms with E-state index in [0.29, 0.717) is 18.2 Å². The average molecular weight is 374 g/mol. The van der Waals surface area contributed by atoms with Gasteiger partial charge in [0, 0.05) is 40.6 Å². The Balaban J connectivity index is 1.79. The van der Waals surface area contributed by atoms with Crippen LogP contribution in [0.1, 0.15) is 0 Å². The van der Waals surface area contributed by atoms with Gasteiger partial charge in [-0.3, -0.25) is 4.57 Å². The Morgan fingerprint density at radius 2 is 1.44 bits per heavy atom. The Kier molecular flexibility index (Phi) is 4.66. The van der Waals surface area contributed by atoms with Crippen LogP contribution in [-0.2, 0) is 4.74 Å². The van der Waals surface area contributed by atoms with Crippen LogP contribution in [0.15, 0.2) is 54.7 Å². The van der Waals surface area contributed by atoms with Crippen molar-refractivity contribution in [1.29, 1.82) is 0 Å². The van der Waals surface area contributed by atoms with E-state index in [1.165, 1.54) is 0 Å². The van der Waals surface area contributed by atoms with Crippen molar-refractivity contribution in [3.63, 3.8) is 0 Å². The van der Waals surface area contributed by atoms with E-state index in [4.69, 9.17) is 32.9 Å². The summed E-state index contributed by atoms with van der Waals surface area (Å²) < 4.78 is 7.58. The minimum Gasteiger partial charge on any atom is -0.378 e. The fourth-order valence-electron chi connectivity index (χ4n) is 2.91. The van der Waals surface area contributed by atoms with Crippen LogP contribution < -0.4 is 4.90 Å². The molecule has 0 amide bonds. The van der Waals surface area contributed by atoms with Gasteiger partial charge in [0.2, 0.25) is 5.95 Å². The zero-order valence-corrected chi connectivity index (χ0v) is 15.0. The first kappa shape index (κ1) is 16.5. The van der Waals surface area contributed by atoms with Crippen LogP contribution in [0.5, 0.6) is 0 Å². The Morgan fingerprint density at radius 1 is 0.840 bits per heavy atom. The topological polar surface area (TPSA) is 30.3 Å². The van der Waals surface area contributed by atoms with Gasteiger partial charge in [0.25, 0.3) is 0 Å². The van der Waals surface area contributed by atoms with Crippen molar-refractivity contribution in [1.82, 2.24) is 9.55 Å². The molecular weight excluding hydrogens is 357 g/mol. The van der Waals surface area contributed by atoms with Gasteiger partial charge >= 0.3 is 0 Å². The second kappa shape index (κ2) is 7.08. The predicted molar refractivity (Wildman–Crippen MR) is 102 cm³/mol. The summed E-state index contributed by atoms with van der Waals surface area (Å²) >= 11 is 12.0. The molecule has 6 heteroatoms. The zero-order chi connectivity index (χ0) is 17.2. The highest BCUT2D eigenvalue weighted by Crippen LogP contribution is 2.28. The van der Waals surface area contributed by atoms with Crippen molar-refractivity contribution >= 4 is 29.2 Å². The van der Waals surface area contributed by atoms with Gasteiger partial charge in [-0.25, -0.2) is 4.98 Å². The summed E-state index contributed by atoms with van der Waals surface area (Å²) in [5.74, 6) is 0.913. The van der Waals surface area contributed by atoms with Crippen LogP contribution in [0, 0.1) is 0 Å². The van der Waals surface area contributed by atoms with E-state index in [1.807, 2.05) is 48.5 Å². The molecule has 1 aliphatic rings. The Hall–Kier alpha value is -2.01. The molecule has 2 heterocycles. The smallest absolute Gasteiger partial charge is 0.210 e. The molecule has 0 unspecified atom stereocenters. The highest BCUT2D eigenvalue weighted by atomic mass is 35.5. The molecule has 0 bridgehead atoms. The Morgan fingerprint density at radius 3 is 2.08 bits per heavy atom. The Bertz CT molecular complexity index is 853. The third-order valence-electron chi connectivity index (χ3n) is 4.23. The quantitative estimate of drug-likeness (QED) is 0.667. The van der Waals surface area contributed by atoms with Crippen LogP contribution in [0.2, 0.25) is 10.0 Å². The van der Waals surface area contributed by atoms with Gasteiger partial charge in [-0.15, -0.1) is 0 Å². The molecule has 0 atom stereocenters. The van der Waals surface area contributed by atoms with E-state index in [0.717, 1.165) is 41.0 Å². The number of halogens is 2.